The summed E-state index contributed by atoms with van der Waals surface area (Å²) in [5, 5.41) is 5.11. The number of nitrogen functional groups attached to an aromatic ring is 1. The molecule has 0 radical (unpaired) electrons. The van der Waals surface area contributed by atoms with Gasteiger partial charge in [-0.25, -0.2) is 0 Å². The number of anilines is 1. The lowest BCUT2D eigenvalue weighted by molar-refractivity contribution is 0.576. The number of fused-ring (bicyclic) bond motifs is 2. The van der Waals surface area contributed by atoms with Crippen LogP contribution in [0.15, 0.2) is 48.5 Å². The van der Waals surface area contributed by atoms with Crippen LogP contribution >= 0.6 is 0 Å². The van der Waals surface area contributed by atoms with Crippen LogP contribution in [0.4, 0.5) is 5.69 Å². The molecule has 3 aromatic rings. The van der Waals surface area contributed by atoms with Crippen molar-refractivity contribution in [2.75, 3.05) is 5.73 Å². The molecule has 0 spiro atoms. The van der Waals surface area contributed by atoms with E-state index in [-0.39, 0.29) is 0 Å². The van der Waals surface area contributed by atoms with Gasteiger partial charge in [0.15, 0.2) is 0 Å². The van der Waals surface area contributed by atoms with Crippen LogP contribution in [0.1, 0.15) is 63.9 Å². The van der Waals surface area contributed by atoms with Gasteiger partial charge in [0, 0.05) is 11.1 Å². The Labute approximate surface area is 152 Å². The zero-order chi connectivity index (χ0) is 17.5. The Morgan fingerprint density at radius 1 is 0.680 bits per heavy atom. The average Bonchev–Trinajstić information content (AvgIpc) is 2.63. The molecule has 1 nitrogen and oxygen atoms in total. The molecule has 0 aliphatic rings. The van der Waals surface area contributed by atoms with Crippen LogP contribution in [0, 0.1) is 0 Å². The zero-order valence-electron chi connectivity index (χ0n) is 15.6. The maximum atomic E-state index is 6.19. The van der Waals surface area contributed by atoms with Crippen molar-refractivity contribution in [1.29, 1.82) is 0 Å². The lowest BCUT2D eigenvalue weighted by Crippen LogP contribution is -1.91. The van der Waals surface area contributed by atoms with Crippen LogP contribution in [0.5, 0.6) is 0 Å². The highest BCUT2D eigenvalue weighted by Gasteiger charge is 2.05. The molecule has 25 heavy (non-hydrogen) atoms. The van der Waals surface area contributed by atoms with Gasteiger partial charge in [0.25, 0.3) is 0 Å². The van der Waals surface area contributed by atoms with Crippen molar-refractivity contribution in [3.8, 4) is 0 Å². The fourth-order valence-electron chi connectivity index (χ4n) is 3.81. The summed E-state index contributed by atoms with van der Waals surface area (Å²) >= 11 is 0. The molecule has 0 heterocycles. The number of unbranched alkanes of at least 4 members (excludes halogenated alkanes) is 7. The smallest absolute Gasteiger partial charge is 0.0393 e. The fourth-order valence-corrected chi connectivity index (χ4v) is 3.81. The minimum Gasteiger partial charge on any atom is -0.398 e. The minimum atomic E-state index is 0.876. The number of hydrogen-bond acceptors (Lipinski definition) is 1. The molecule has 0 aliphatic carbocycles. The van der Waals surface area contributed by atoms with Gasteiger partial charge in [-0.2, -0.15) is 0 Å². The number of nitrogens with two attached hydrogens (primary N) is 1. The Hall–Kier alpha value is -2.02. The maximum Gasteiger partial charge on any atom is 0.0393 e. The summed E-state index contributed by atoms with van der Waals surface area (Å²) < 4.78 is 0. The van der Waals surface area contributed by atoms with E-state index in [2.05, 4.69) is 43.3 Å². The number of rotatable bonds is 9. The molecule has 0 aliphatic heterocycles. The molecule has 1 heteroatoms. The predicted octanol–water partition coefficient (Wildman–Crippen LogP) is 7.26. The number of benzene rings is 3. The highest BCUT2D eigenvalue weighted by molar-refractivity contribution is 6.04. The Morgan fingerprint density at radius 2 is 1.32 bits per heavy atom. The first-order chi connectivity index (χ1) is 12.3. The van der Waals surface area contributed by atoms with Gasteiger partial charge in [-0.15, -0.1) is 0 Å². The lowest BCUT2D eigenvalue weighted by atomic mass is 9.96. The summed E-state index contributed by atoms with van der Waals surface area (Å²) in [5.41, 5.74) is 8.53. The average molecular weight is 334 g/mol. The largest absolute Gasteiger partial charge is 0.398 e. The van der Waals surface area contributed by atoms with E-state index in [1.54, 1.807) is 0 Å². The van der Waals surface area contributed by atoms with Crippen molar-refractivity contribution in [3.63, 3.8) is 0 Å². The van der Waals surface area contributed by atoms with E-state index in [9.17, 15) is 0 Å². The van der Waals surface area contributed by atoms with E-state index in [0.717, 1.165) is 5.69 Å². The molecule has 0 atom stereocenters. The van der Waals surface area contributed by atoms with E-state index in [0.29, 0.717) is 0 Å². The summed E-state index contributed by atoms with van der Waals surface area (Å²) in [6.07, 6.45) is 12.1. The lowest BCUT2D eigenvalue weighted by Gasteiger charge is -2.10. The van der Waals surface area contributed by atoms with E-state index in [1.165, 1.54) is 84.9 Å². The van der Waals surface area contributed by atoms with Crippen LogP contribution in [0.2, 0.25) is 0 Å². The second-order valence-corrected chi connectivity index (χ2v) is 7.28. The number of aryl methyl sites for hydroxylation is 1. The molecule has 0 fully saturated rings. The van der Waals surface area contributed by atoms with E-state index in [4.69, 9.17) is 5.73 Å². The van der Waals surface area contributed by atoms with Gasteiger partial charge in [0.1, 0.15) is 0 Å². The van der Waals surface area contributed by atoms with Gasteiger partial charge < -0.3 is 5.73 Å². The molecular formula is C24H31N. The third-order valence-electron chi connectivity index (χ3n) is 5.30. The first-order valence-corrected chi connectivity index (χ1v) is 9.99. The molecule has 3 rings (SSSR count). The van der Waals surface area contributed by atoms with Crippen LogP contribution in [-0.4, -0.2) is 0 Å². The monoisotopic (exact) mass is 333 g/mol. The van der Waals surface area contributed by atoms with E-state index < -0.39 is 0 Å². The van der Waals surface area contributed by atoms with E-state index >= 15 is 0 Å². The molecule has 0 saturated heterocycles. The van der Waals surface area contributed by atoms with Crippen molar-refractivity contribution in [2.24, 2.45) is 0 Å². The Kier molecular flexibility index (Phi) is 6.33. The first kappa shape index (κ1) is 17.8. The third kappa shape index (κ3) is 4.54. The highest BCUT2D eigenvalue weighted by atomic mass is 14.5. The molecular weight excluding hydrogens is 302 g/mol. The van der Waals surface area contributed by atoms with Crippen LogP contribution in [0.3, 0.4) is 0 Å². The van der Waals surface area contributed by atoms with E-state index in [1.807, 2.05) is 12.1 Å². The molecule has 3 aromatic carbocycles. The summed E-state index contributed by atoms with van der Waals surface area (Å²) in [6.45, 7) is 2.28. The highest BCUT2D eigenvalue weighted by Crippen LogP contribution is 2.29. The van der Waals surface area contributed by atoms with Gasteiger partial charge >= 0.3 is 0 Å². The van der Waals surface area contributed by atoms with Crippen LogP contribution in [-0.2, 0) is 6.42 Å². The Bertz CT molecular complexity index is 819. The van der Waals surface area contributed by atoms with Crippen molar-refractivity contribution >= 4 is 27.2 Å². The Morgan fingerprint density at radius 3 is 2.08 bits per heavy atom. The van der Waals surface area contributed by atoms with Crippen molar-refractivity contribution in [2.45, 2.75) is 64.7 Å². The quantitative estimate of drug-likeness (QED) is 0.249. The molecule has 0 bridgehead atoms. The van der Waals surface area contributed by atoms with Gasteiger partial charge in [0.2, 0.25) is 0 Å². The maximum absolute atomic E-state index is 6.19. The summed E-state index contributed by atoms with van der Waals surface area (Å²) in [7, 11) is 0. The molecule has 0 amide bonds. The fraction of sp³-hybridized carbons (Fsp3) is 0.417. The molecule has 0 unspecified atom stereocenters. The standard InChI is InChI=1S/C24H31N/c1-2-3-4-5-6-7-8-9-12-19-13-10-14-20-17-21-15-11-16-24(25)23(21)18-22(19)20/h10-11,13-18H,2-9,12,25H2,1H3. The van der Waals surface area contributed by atoms with Crippen molar-refractivity contribution < 1.29 is 0 Å². The van der Waals surface area contributed by atoms with Gasteiger partial charge in [0.05, 0.1) is 0 Å². The van der Waals surface area contributed by atoms with Gasteiger partial charge in [-0.3, -0.25) is 0 Å². The van der Waals surface area contributed by atoms with Crippen LogP contribution in [0.25, 0.3) is 21.5 Å². The van der Waals surface area contributed by atoms with Gasteiger partial charge in [-0.05, 0) is 52.8 Å². The normalized spacial score (nSPS) is 11.4. The summed E-state index contributed by atoms with van der Waals surface area (Å²) in [5.74, 6) is 0. The SMILES string of the molecule is CCCCCCCCCCc1cccc2cc3cccc(N)c3cc12. The molecule has 0 saturated carbocycles. The zero-order valence-corrected chi connectivity index (χ0v) is 15.6. The summed E-state index contributed by atoms with van der Waals surface area (Å²) in [4.78, 5) is 0. The third-order valence-corrected chi connectivity index (χ3v) is 5.30. The first-order valence-electron chi connectivity index (χ1n) is 9.99. The van der Waals surface area contributed by atoms with Crippen molar-refractivity contribution in [3.05, 3.63) is 54.1 Å². The topological polar surface area (TPSA) is 26.0 Å². The summed E-state index contributed by atoms with van der Waals surface area (Å²) in [6, 6.07) is 17.4. The second kappa shape index (κ2) is 8.89. The molecule has 2 N–H and O–H groups in total. The number of hydrogen-bond donors (Lipinski definition) is 1. The molecule has 132 valence electrons. The molecule has 0 aromatic heterocycles. The second-order valence-electron chi connectivity index (χ2n) is 7.28. The minimum absolute atomic E-state index is 0.876. The van der Waals surface area contributed by atoms with Gasteiger partial charge in [-0.1, -0.05) is 82.2 Å². The van der Waals surface area contributed by atoms with Crippen LogP contribution < -0.4 is 5.73 Å². The Balaban J connectivity index is 1.64. The van der Waals surface area contributed by atoms with Crippen molar-refractivity contribution in [1.82, 2.24) is 0 Å². The predicted molar refractivity (Wildman–Crippen MR) is 112 cm³/mol.